The summed E-state index contributed by atoms with van der Waals surface area (Å²) in [4.78, 5) is 24.4. The Labute approximate surface area is 292 Å². The largest absolute Gasteiger partial charge is 0.444 e. The van der Waals surface area contributed by atoms with Gasteiger partial charge in [0.2, 0.25) is 5.91 Å². The number of aliphatic hydroxyl groups is 2. The summed E-state index contributed by atoms with van der Waals surface area (Å²) >= 11 is 0. The summed E-state index contributed by atoms with van der Waals surface area (Å²) in [6, 6.07) is 0. The van der Waals surface area contributed by atoms with Crippen molar-refractivity contribution in [3.05, 3.63) is 0 Å². The van der Waals surface area contributed by atoms with Crippen LogP contribution in [-0.2, 0) is 9.53 Å². The summed E-state index contributed by atoms with van der Waals surface area (Å²) in [5, 5.41) is 35.0. The van der Waals surface area contributed by atoms with E-state index in [0.717, 1.165) is 84.0 Å². The van der Waals surface area contributed by atoms with Gasteiger partial charge in [0.25, 0.3) is 0 Å². The van der Waals surface area contributed by atoms with E-state index < -0.39 is 5.60 Å². The maximum atomic E-state index is 12.7. The van der Waals surface area contributed by atoms with Crippen LogP contribution in [0.3, 0.4) is 0 Å². The van der Waals surface area contributed by atoms with Crippen molar-refractivity contribution in [3.8, 4) is 0 Å². The lowest BCUT2D eigenvalue weighted by Gasteiger charge is -2.62. The molecule has 0 saturated heterocycles. The molecule has 4 aliphatic rings. The quantitative estimate of drug-likeness (QED) is 0.108. The third-order valence-corrected chi connectivity index (χ3v) is 13.3. The second kappa shape index (κ2) is 17.7. The van der Waals surface area contributed by atoms with Crippen LogP contribution in [0.5, 0.6) is 0 Å². The number of aliphatic hydroxyl groups excluding tert-OH is 2. The average molecular weight is 677 g/mol. The lowest BCUT2D eigenvalue weighted by atomic mass is 9.43. The van der Waals surface area contributed by atoms with E-state index in [2.05, 4.69) is 42.0 Å². The van der Waals surface area contributed by atoms with Gasteiger partial charge in [-0.25, -0.2) is 4.79 Å². The summed E-state index contributed by atoms with van der Waals surface area (Å²) in [5.74, 6) is 3.54. The van der Waals surface area contributed by atoms with Gasteiger partial charge in [-0.1, -0.05) is 20.8 Å². The van der Waals surface area contributed by atoms with Gasteiger partial charge in [-0.3, -0.25) is 4.79 Å². The summed E-state index contributed by atoms with van der Waals surface area (Å²) in [6.45, 7) is 17.8. The Morgan fingerprint density at radius 1 is 0.812 bits per heavy atom. The zero-order valence-corrected chi connectivity index (χ0v) is 31.4. The van der Waals surface area contributed by atoms with Gasteiger partial charge < -0.3 is 36.2 Å². The number of unbranched alkanes of at least 4 members (excludes halogenated alkanes) is 1. The lowest BCUT2D eigenvalue weighted by Crippen LogP contribution is -2.58. The fourth-order valence-electron chi connectivity index (χ4n) is 10.7. The molecular formula is C39H72N4O5. The topological polar surface area (TPSA) is 132 Å². The molecule has 2 amide bonds. The maximum Gasteiger partial charge on any atom is 0.407 e. The Bertz CT molecular complexity index is 1020. The zero-order valence-electron chi connectivity index (χ0n) is 31.4. The van der Waals surface area contributed by atoms with Crippen LogP contribution in [0.4, 0.5) is 4.79 Å². The molecule has 48 heavy (non-hydrogen) atoms. The van der Waals surface area contributed by atoms with Crippen molar-refractivity contribution in [1.82, 2.24) is 21.3 Å². The van der Waals surface area contributed by atoms with Crippen molar-refractivity contribution < 1.29 is 24.5 Å². The standard InChI is InChI=1S/C39H72N4O5/c1-27(11-16-35(46)42-23-9-21-40-19-7-8-20-41-22-10-24-43-36(47)48-37(2,3)4)31-14-15-32-30-13-12-28-25-29(44)17-18-38(28,5)33(30)26-34(45)39(31,32)6/h27-34,40-41,44-45H,7-26H2,1-6H3,(H,42,46)(H,43,47)/t27-,28-,29-,30+,31-,32+,33+,34+,38+,39-/m1/s1. The van der Waals surface area contributed by atoms with Gasteiger partial charge in [-0.15, -0.1) is 0 Å². The van der Waals surface area contributed by atoms with Crippen LogP contribution in [0, 0.1) is 46.3 Å². The van der Waals surface area contributed by atoms with E-state index in [0.29, 0.717) is 55.0 Å². The molecule has 4 aliphatic carbocycles. The predicted octanol–water partition coefficient (Wildman–Crippen LogP) is 5.77. The molecule has 0 spiro atoms. The highest BCUT2D eigenvalue weighted by Crippen LogP contribution is 2.68. The van der Waals surface area contributed by atoms with Crippen molar-refractivity contribution in [2.75, 3.05) is 39.3 Å². The summed E-state index contributed by atoms with van der Waals surface area (Å²) in [5.41, 5.74) is -0.240. The molecule has 4 saturated carbocycles. The number of nitrogens with one attached hydrogen (secondary N) is 4. The molecule has 6 N–H and O–H groups in total. The molecule has 0 heterocycles. The first kappa shape index (κ1) is 39.4. The molecule has 0 bridgehead atoms. The van der Waals surface area contributed by atoms with Gasteiger partial charge in [0, 0.05) is 19.5 Å². The molecule has 9 heteroatoms. The molecule has 10 atom stereocenters. The van der Waals surface area contributed by atoms with E-state index in [4.69, 9.17) is 4.74 Å². The van der Waals surface area contributed by atoms with Gasteiger partial charge in [0.15, 0.2) is 0 Å². The predicted molar refractivity (Wildman–Crippen MR) is 192 cm³/mol. The Morgan fingerprint density at radius 2 is 1.46 bits per heavy atom. The fraction of sp³-hybridized carbons (Fsp3) is 0.949. The first-order valence-electron chi connectivity index (χ1n) is 19.8. The molecule has 278 valence electrons. The van der Waals surface area contributed by atoms with E-state index >= 15 is 0 Å². The Morgan fingerprint density at radius 3 is 2.12 bits per heavy atom. The number of carbonyl (C=O) groups excluding carboxylic acids is 2. The minimum absolute atomic E-state index is 0.0448. The highest BCUT2D eigenvalue weighted by atomic mass is 16.6. The smallest absolute Gasteiger partial charge is 0.407 e. The number of amides is 2. The van der Waals surface area contributed by atoms with Crippen LogP contribution < -0.4 is 21.3 Å². The minimum Gasteiger partial charge on any atom is -0.444 e. The fourth-order valence-corrected chi connectivity index (χ4v) is 10.7. The molecule has 4 fully saturated rings. The maximum absolute atomic E-state index is 12.7. The van der Waals surface area contributed by atoms with Crippen LogP contribution >= 0.6 is 0 Å². The lowest BCUT2D eigenvalue weighted by molar-refractivity contribution is -0.174. The number of hydrogen-bond acceptors (Lipinski definition) is 7. The number of ether oxygens (including phenoxy) is 1. The molecule has 0 aromatic carbocycles. The molecule has 0 aliphatic heterocycles. The summed E-state index contributed by atoms with van der Waals surface area (Å²) < 4.78 is 5.23. The zero-order chi connectivity index (χ0) is 35.0. The van der Waals surface area contributed by atoms with Gasteiger partial charge >= 0.3 is 6.09 Å². The number of hydrogen-bond donors (Lipinski definition) is 6. The van der Waals surface area contributed by atoms with Crippen LogP contribution in [-0.4, -0.2) is 79.3 Å². The first-order valence-corrected chi connectivity index (χ1v) is 19.8. The van der Waals surface area contributed by atoms with Crippen LogP contribution in [0.15, 0.2) is 0 Å². The van der Waals surface area contributed by atoms with Gasteiger partial charge in [0.05, 0.1) is 12.2 Å². The molecule has 9 nitrogen and oxygen atoms in total. The minimum atomic E-state index is -0.464. The average Bonchev–Trinajstić information content (AvgIpc) is 3.38. The Balaban J connectivity index is 1.03. The van der Waals surface area contributed by atoms with Crippen molar-refractivity contribution in [2.24, 2.45) is 46.3 Å². The van der Waals surface area contributed by atoms with Crippen LogP contribution in [0.1, 0.15) is 131 Å². The van der Waals surface area contributed by atoms with E-state index in [1.807, 2.05) is 20.8 Å². The molecule has 0 aromatic rings. The Kier molecular flexibility index (Phi) is 14.5. The van der Waals surface area contributed by atoms with Crippen LogP contribution in [0.25, 0.3) is 0 Å². The highest BCUT2D eigenvalue weighted by molar-refractivity contribution is 5.75. The monoisotopic (exact) mass is 677 g/mol. The van der Waals surface area contributed by atoms with E-state index in [-0.39, 0.29) is 35.0 Å². The first-order chi connectivity index (χ1) is 22.8. The summed E-state index contributed by atoms with van der Waals surface area (Å²) in [6.07, 6.45) is 13.5. The van der Waals surface area contributed by atoms with Gasteiger partial charge in [0.1, 0.15) is 5.60 Å². The number of carbonyl (C=O) groups is 2. The van der Waals surface area contributed by atoms with E-state index in [1.54, 1.807) is 0 Å². The number of rotatable bonds is 17. The van der Waals surface area contributed by atoms with Crippen molar-refractivity contribution in [3.63, 3.8) is 0 Å². The summed E-state index contributed by atoms with van der Waals surface area (Å²) in [7, 11) is 0. The van der Waals surface area contributed by atoms with Crippen molar-refractivity contribution in [1.29, 1.82) is 0 Å². The van der Waals surface area contributed by atoms with Gasteiger partial charge in [-0.05, 0) is 177 Å². The second-order valence-electron chi connectivity index (χ2n) is 17.6. The SMILES string of the molecule is C[C@H](CCC(=O)NCCCNCCCCNCCCNC(=O)OC(C)(C)C)[C@H]1CC[C@H]2[C@@H]3CC[C@@H]4C[C@H](O)CC[C@]4(C)[C@H]3C[C@H](O)[C@]12C. The third-order valence-electron chi connectivity index (χ3n) is 13.3. The van der Waals surface area contributed by atoms with Crippen molar-refractivity contribution >= 4 is 12.0 Å². The van der Waals surface area contributed by atoms with Gasteiger partial charge in [-0.2, -0.15) is 0 Å². The Hall–Kier alpha value is -1.42. The second-order valence-corrected chi connectivity index (χ2v) is 17.6. The number of fused-ring (bicyclic) bond motifs is 5. The number of alkyl carbamates (subject to hydrolysis) is 1. The molecule has 0 unspecified atom stereocenters. The molecule has 0 aromatic heterocycles. The molecule has 4 rings (SSSR count). The van der Waals surface area contributed by atoms with Crippen molar-refractivity contribution in [2.45, 2.75) is 149 Å². The third kappa shape index (κ3) is 10.1. The van der Waals surface area contributed by atoms with Crippen LogP contribution in [0.2, 0.25) is 0 Å². The molecule has 0 radical (unpaired) electrons. The normalized spacial score (nSPS) is 35.2. The van der Waals surface area contributed by atoms with E-state index in [1.165, 1.54) is 25.7 Å². The highest BCUT2D eigenvalue weighted by Gasteiger charge is 2.63. The van der Waals surface area contributed by atoms with E-state index in [9.17, 15) is 19.8 Å². The molecular weight excluding hydrogens is 604 g/mol.